The van der Waals surface area contributed by atoms with E-state index in [0.29, 0.717) is 18.9 Å². The van der Waals surface area contributed by atoms with Crippen LogP contribution < -0.4 is 15.2 Å². The van der Waals surface area contributed by atoms with Gasteiger partial charge in [-0.1, -0.05) is 12.5 Å². The second kappa shape index (κ2) is 5.93. The molecule has 1 heterocycles. The van der Waals surface area contributed by atoms with E-state index in [4.69, 9.17) is 15.2 Å². The third-order valence-electron chi connectivity index (χ3n) is 4.44. The van der Waals surface area contributed by atoms with Crippen LogP contribution in [0.4, 0.5) is 0 Å². The number of ether oxygens (including phenoxy) is 2. The summed E-state index contributed by atoms with van der Waals surface area (Å²) < 4.78 is 10.7. The second-order valence-corrected chi connectivity index (χ2v) is 6.00. The average molecular weight is 290 g/mol. The number of amides is 1. The van der Waals surface area contributed by atoms with Crippen molar-refractivity contribution in [2.75, 3.05) is 13.8 Å². The molecule has 5 heteroatoms. The first-order valence-corrected chi connectivity index (χ1v) is 7.51. The van der Waals surface area contributed by atoms with E-state index in [1.54, 1.807) is 4.90 Å². The van der Waals surface area contributed by atoms with Gasteiger partial charge in [-0.3, -0.25) is 4.79 Å². The van der Waals surface area contributed by atoms with Crippen LogP contribution in [0.25, 0.3) is 0 Å². The summed E-state index contributed by atoms with van der Waals surface area (Å²) in [6.45, 7) is 0.852. The lowest BCUT2D eigenvalue weighted by atomic mass is 9.99. The summed E-state index contributed by atoms with van der Waals surface area (Å²) in [5, 5.41) is 0. The first kappa shape index (κ1) is 14.2. The molecule has 0 saturated heterocycles. The maximum absolute atomic E-state index is 12.3. The minimum absolute atomic E-state index is 0.162. The van der Waals surface area contributed by atoms with Crippen molar-refractivity contribution in [3.8, 4) is 11.5 Å². The molecular formula is C16H22N2O3. The van der Waals surface area contributed by atoms with Crippen molar-refractivity contribution in [3.05, 3.63) is 23.8 Å². The molecule has 0 spiro atoms. The van der Waals surface area contributed by atoms with Crippen molar-refractivity contribution in [3.63, 3.8) is 0 Å². The van der Waals surface area contributed by atoms with Gasteiger partial charge in [0, 0.05) is 26.1 Å². The summed E-state index contributed by atoms with van der Waals surface area (Å²) in [6, 6.07) is 5.99. The summed E-state index contributed by atoms with van der Waals surface area (Å²) in [5.41, 5.74) is 7.09. The van der Waals surface area contributed by atoms with Crippen molar-refractivity contribution in [2.45, 2.75) is 38.3 Å². The summed E-state index contributed by atoms with van der Waals surface area (Å²) in [7, 11) is 1.84. The Bertz CT molecular complexity index is 532. The summed E-state index contributed by atoms with van der Waals surface area (Å²) >= 11 is 0. The Balaban J connectivity index is 1.58. The highest BCUT2D eigenvalue weighted by molar-refractivity contribution is 5.76. The van der Waals surface area contributed by atoms with Crippen LogP contribution in [0.15, 0.2) is 18.2 Å². The molecule has 0 radical (unpaired) electrons. The molecular weight excluding hydrogens is 268 g/mol. The maximum atomic E-state index is 12.3. The van der Waals surface area contributed by atoms with Crippen LogP contribution in [0.3, 0.4) is 0 Å². The van der Waals surface area contributed by atoms with Crippen LogP contribution in [-0.2, 0) is 11.3 Å². The number of nitrogens with zero attached hydrogens (tertiary/aromatic N) is 1. The van der Waals surface area contributed by atoms with Gasteiger partial charge in [0.1, 0.15) is 0 Å². The van der Waals surface area contributed by atoms with Crippen molar-refractivity contribution >= 4 is 5.91 Å². The maximum Gasteiger partial charge on any atom is 0.231 e. The van der Waals surface area contributed by atoms with Gasteiger partial charge < -0.3 is 20.1 Å². The number of nitrogens with two attached hydrogens (primary N) is 1. The first-order chi connectivity index (χ1) is 10.1. The largest absolute Gasteiger partial charge is 0.454 e. The van der Waals surface area contributed by atoms with Crippen LogP contribution >= 0.6 is 0 Å². The van der Waals surface area contributed by atoms with Crippen LogP contribution in [0.5, 0.6) is 11.5 Å². The molecule has 114 valence electrons. The third kappa shape index (κ3) is 3.13. The zero-order valence-corrected chi connectivity index (χ0v) is 12.4. The zero-order valence-electron chi connectivity index (χ0n) is 12.4. The zero-order chi connectivity index (χ0) is 14.8. The van der Waals surface area contributed by atoms with E-state index < -0.39 is 0 Å². The number of fused-ring (bicyclic) bond motifs is 1. The van der Waals surface area contributed by atoms with E-state index in [-0.39, 0.29) is 18.7 Å². The lowest BCUT2D eigenvalue weighted by molar-refractivity contribution is -0.131. The van der Waals surface area contributed by atoms with Gasteiger partial charge in [-0.2, -0.15) is 0 Å². The molecule has 1 fully saturated rings. The van der Waals surface area contributed by atoms with E-state index in [2.05, 4.69) is 0 Å². The summed E-state index contributed by atoms with van der Waals surface area (Å²) in [4.78, 5) is 14.1. The van der Waals surface area contributed by atoms with Crippen molar-refractivity contribution in [1.82, 2.24) is 4.90 Å². The highest BCUT2D eigenvalue weighted by atomic mass is 16.7. The molecule has 2 atom stereocenters. The van der Waals surface area contributed by atoms with Crippen molar-refractivity contribution in [1.29, 1.82) is 0 Å². The Morgan fingerprint density at radius 2 is 2.14 bits per heavy atom. The van der Waals surface area contributed by atoms with E-state index in [9.17, 15) is 4.79 Å². The molecule has 1 aromatic rings. The van der Waals surface area contributed by atoms with E-state index in [0.717, 1.165) is 36.3 Å². The Morgan fingerprint density at radius 1 is 1.33 bits per heavy atom. The van der Waals surface area contributed by atoms with Gasteiger partial charge in [0.15, 0.2) is 11.5 Å². The Hall–Kier alpha value is -1.75. The predicted octanol–water partition coefficient (Wildman–Crippen LogP) is 1.89. The third-order valence-corrected chi connectivity index (χ3v) is 4.44. The molecule has 2 N–H and O–H groups in total. The van der Waals surface area contributed by atoms with Crippen LogP contribution in [-0.4, -0.2) is 30.7 Å². The summed E-state index contributed by atoms with van der Waals surface area (Å²) in [5.74, 6) is 2.03. The molecule has 0 aromatic heterocycles. The molecule has 1 amide bonds. The fourth-order valence-corrected chi connectivity index (χ4v) is 3.10. The summed E-state index contributed by atoms with van der Waals surface area (Å²) in [6.07, 6.45) is 3.82. The standard InChI is InChI=1S/C16H22N2O3/c1-18(16(19)8-12-3-2-4-13(12)17)9-11-5-6-14-15(7-11)21-10-20-14/h5-7,12-13H,2-4,8-10,17H2,1H3/t12-,13+/m0/s1. The van der Waals surface area contributed by atoms with Gasteiger partial charge >= 0.3 is 0 Å². The molecule has 1 aromatic carbocycles. The van der Waals surface area contributed by atoms with Gasteiger partial charge in [-0.25, -0.2) is 0 Å². The van der Waals surface area contributed by atoms with Crippen LogP contribution in [0.1, 0.15) is 31.2 Å². The number of benzene rings is 1. The number of carbonyl (C=O) groups excluding carboxylic acids is 1. The molecule has 5 nitrogen and oxygen atoms in total. The highest BCUT2D eigenvalue weighted by Gasteiger charge is 2.27. The number of carbonyl (C=O) groups is 1. The molecule has 0 unspecified atom stereocenters. The SMILES string of the molecule is CN(Cc1ccc2c(c1)OCO2)C(=O)C[C@@H]1CCC[C@H]1N. The van der Waals surface area contributed by atoms with Gasteiger partial charge in [0.25, 0.3) is 0 Å². The molecule has 1 aliphatic carbocycles. The number of rotatable bonds is 4. The molecule has 21 heavy (non-hydrogen) atoms. The molecule has 0 bridgehead atoms. The van der Waals surface area contributed by atoms with E-state index in [1.165, 1.54) is 0 Å². The van der Waals surface area contributed by atoms with E-state index >= 15 is 0 Å². The minimum Gasteiger partial charge on any atom is -0.454 e. The second-order valence-electron chi connectivity index (χ2n) is 6.00. The quantitative estimate of drug-likeness (QED) is 0.919. The highest BCUT2D eigenvalue weighted by Crippen LogP contribution is 2.33. The fraction of sp³-hybridized carbons (Fsp3) is 0.562. The van der Waals surface area contributed by atoms with Crippen LogP contribution in [0.2, 0.25) is 0 Å². The fourth-order valence-electron chi connectivity index (χ4n) is 3.10. The average Bonchev–Trinajstić information content (AvgIpc) is 3.07. The monoisotopic (exact) mass is 290 g/mol. The van der Waals surface area contributed by atoms with E-state index in [1.807, 2.05) is 25.2 Å². The molecule has 1 saturated carbocycles. The first-order valence-electron chi connectivity index (χ1n) is 7.51. The Kier molecular flexibility index (Phi) is 4.01. The van der Waals surface area contributed by atoms with Gasteiger partial charge in [0.2, 0.25) is 12.7 Å². The Morgan fingerprint density at radius 3 is 2.90 bits per heavy atom. The van der Waals surface area contributed by atoms with Crippen molar-refractivity contribution < 1.29 is 14.3 Å². The Labute approximate surface area is 125 Å². The number of hydrogen-bond donors (Lipinski definition) is 1. The lowest BCUT2D eigenvalue weighted by Gasteiger charge is -2.21. The van der Waals surface area contributed by atoms with Gasteiger partial charge in [0.05, 0.1) is 0 Å². The van der Waals surface area contributed by atoms with Gasteiger partial charge in [-0.15, -0.1) is 0 Å². The topological polar surface area (TPSA) is 64.8 Å². The number of hydrogen-bond acceptors (Lipinski definition) is 4. The molecule has 2 aliphatic rings. The van der Waals surface area contributed by atoms with Gasteiger partial charge in [-0.05, 0) is 36.5 Å². The smallest absolute Gasteiger partial charge is 0.231 e. The molecule has 3 rings (SSSR count). The van der Waals surface area contributed by atoms with Crippen LogP contribution in [0, 0.1) is 5.92 Å². The lowest BCUT2D eigenvalue weighted by Crippen LogP contribution is -2.32. The van der Waals surface area contributed by atoms with Crippen molar-refractivity contribution in [2.24, 2.45) is 11.7 Å². The molecule has 1 aliphatic heterocycles. The normalized spacial score (nSPS) is 23.3. The predicted molar refractivity (Wildman–Crippen MR) is 79.0 cm³/mol. The minimum atomic E-state index is 0.162.